The summed E-state index contributed by atoms with van der Waals surface area (Å²) in [5, 5.41) is 3.05. The smallest absolute Gasteiger partial charge is 0.394 e. The lowest BCUT2D eigenvalue weighted by Gasteiger charge is -2.14. The Morgan fingerprint density at radius 2 is 2.06 bits per heavy atom. The first-order chi connectivity index (χ1) is 15.1. The van der Waals surface area contributed by atoms with Gasteiger partial charge >= 0.3 is 6.18 Å². The van der Waals surface area contributed by atoms with Gasteiger partial charge in [0.05, 0.1) is 35.9 Å². The molecule has 1 N–H and O–H groups in total. The number of anilines is 1. The van der Waals surface area contributed by atoms with Crippen LogP contribution in [-0.2, 0) is 6.42 Å². The molecule has 1 aromatic carbocycles. The summed E-state index contributed by atoms with van der Waals surface area (Å²) < 4.78 is 46.6. The lowest BCUT2D eigenvalue weighted by molar-refractivity contribution is -0.128. The maximum absolute atomic E-state index is 13.1. The number of imidazole rings is 1. The standard InChI is InChI=1S/C22H20BrF3N4O2/c1-29(2)21(31)14-8-9-17(19(12-14)32-3)27-10-4-7-16-18(13-22(24,25)26)30-11-5-6-15(23)20(30)28-16/h5-6,8-9,11-12,27H,10,13H2,1-3H3. The highest BCUT2D eigenvalue weighted by molar-refractivity contribution is 9.10. The van der Waals surface area contributed by atoms with Crippen molar-refractivity contribution in [2.75, 3.05) is 33.1 Å². The van der Waals surface area contributed by atoms with Crippen molar-refractivity contribution in [1.82, 2.24) is 14.3 Å². The molecule has 3 rings (SSSR count). The van der Waals surface area contributed by atoms with Crippen molar-refractivity contribution in [2.45, 2.75) is 12.6 Å². The fourth-order valence-electron chi connectivity index (χ4n) is 3.04. The summed E-state index contributed by atoms with van der Waals surface area (Å²) in [6.45, 7) is 0.137. The van der Waals surface area contributed by atoms with Gasteiger partial charge in [0.25, 0.3) is 5.91 Å². The SMILES string of the molecule is COc1cc(C(=O)N(C)C)ccc1NCC#Cc1nc2c(Br)cccn2c1CC(F)(F)F. The molecule has 0 unspecified atom stereocenters. The average molecular weight is 509 g/mol. The maximum Gasteiger partial charge on any atom is 0.394 e. The summed E-state index contributed by atoms with van der Waals surface area (Å²) in [5.41, 5.74) is 1.48. The van der Waals surface area contributed by atoms with E-state index in [1.807, 2.05) is 0 Å². The third-order valence-corrected chi connectivity index (χ3v) is 5.12. The Morgan fingerprint density at radius 1 is 1.31 bits per heavy atom. The van der Waals surface area contributed by atoms with Gasteiger partial charge in [-0.2, -0.15) is 13.2 Å². The van der Waals surface area contributed by atoms with Gasteiger partial charge in [0.15, 0.2) is 5.65 Å². The molecule has 1 amide bonds. The van der Waals surface area contributed by atoms with Crippen molar-refractivity contribution in [3.63, 3.8) is 0 Å². The zero-order chi connectivity index (χ0) is 23.5. The zero-order valence-corrected chi connectivity index (χ0v) is 19.1. The number of hydrogen-bond acceptors (Lipinski definition) is 4. The molecule has 0 aliphatic carbocycles. The molecule has 0 saturated carbocycles. The van der Waals surface area contributed by atoms with Crippen molar-refractivity contribution in [3.05, 3.63) is 58.0 Å². The van der Waals surface area contributed by atoms with E-state index in [0.717, 1.165) is 0 Å². The second-order valence-electron chi connectivity index (χ2n) is 7.02. The monoisotopic (exact) mass is 508 g/mol. The number of fused-ring (bicyclic) bond motifs is 1. The number of nitrogens with zero attached hydrogens (tertiary/aromatic N) is 3. The van der Waals surface area contributed by atoms with Crippen LogP contribution in [0, 0.1) is 11.8 Å². The van der Waals surface area contributed by atoms with Crippen LogP contribution in [0.3, 0.4) is 0 Å². The largest absolute Gasteiger partial charge is 0.495 e. The normalized spacial score (nSPS) is 11.1. The number of halogens is 4. The van der Waals surface area contributed by atoms with Crippen LogP contribution in [-0.4, -0.2) is 54.1 Å². The first-order valence-electron chi connectivity index (χ1n) is 9.45. The Morgan fingerprint density at radius 3 is 2.72 bits per heavy atom. The van der Waals surface area contributed by atoms with Crippen LogP contribution in [0.1, 0.15) is 21.7 Å². The number of benzene rings is 1. The van der Waals surface area contributed by atoms with Gasteiger partial charge in [-0.3, -0.25) is 4.79 Å². The molecular weight excluding hydrogens is 489 g/mol. The lowest BCUT2D eigenvalue weighted by Crippen LogP contribution is -2.21. The highest BCUT2D eigenvalue weighted by Crippen LogP contribution is 2.27. The summed E-state index contributed by atoms with van der Waals surface area (Å²) in [5.74, 6) is 5.84. The molecule has 32 heavy (non-hydrogen) atoms. The van der Waals surface area contributed by atoms with E-state index in [4.69, 9.17) is 4.74 Å². The van der Waals surface area contributed by atoms with Crippen LogP contribution in [0.4, 0.5) is 18.9 Å². The van der Waals surface area contributed by atoms with Gasteiger partial charge in [0, 0.05) is 25.9 Å². The molecule has 0 spiro atoms. The Balaban J connectivity index is 1.83. The quantitative estimate of drug-likeness (QED) is 0.519. The Hall–Kier alpha value is -3.19. The van der Waals surface area contributed by atoms with E-state index in [1.165, 1.54) is 22.6 Å². The van der Waals surface area contributed by atoms with Gasteiger partial charge in [-0.15, -0.1) is 0 Å². The summed E-state index contributed by atoms with van der Waals surface area (Å²) in [6.07, 6.45) is -4.01. The fraction of sp³-hybridized carbons (Fsp3) is 0.273. The Labute approximate surface area is 191 Å². The van der Waals surface area contributed by atoms with E-state index < -0.39 is 12.6 Å². The number of alkyl halides is 3. The molecule has 0 radical (unpaired) electrons. The van der Waals surface area contributed by atoms with Crippen LogP contribution in [0.15, 0.2) is 41.0 Å². The zero-order valence-electron chi connectivity index (χ0n) is 17.5. The number of ether oxygens (including phenoxy) is 1. The number of carbonyl (C=O) groups excluding carboxylic acids is 1. The van der Waals surface area contributed by atoms with Crippen molar-refractivity contribution in [2.24, 2.45) is 0 Å². The average Bonchev–Trinajstić information content (AvgIpc) is 3.07. The number of pyridine rings is 1. The van der Waals surface area contributed by atoms with E-state index in [2.05, 4.69) is 38.1 Å². The first kappa shape index (κ1) is 23.5. The minimum absolute atomic E-state index is 0.0227. The number of rotatable bonds is 5. The minimum atomic E-state index is -4.40. The molecule has 10 heteroatoms. The fourth-order valence-corrected chi connectivity index (χ4v) is 3.47. The first-order valence-corrected chi connectivity index (χ1v) is 10.2. The molecule has 2 aromatic heterocycles. The number of amides is 1. The highest BCUT2D eigenvalue weighted by Gasteiger charge is 2.31. The van der Waals surface area contributed by atoms with Gasteiger partial charge in [0.1, 0.15) is 11.4 Å². The topological polar surface area (TPSA) is 58.9 Å². The van der Waals surface area contributed by atoms with Crippen molar-refractivity contribution >= 4 is 33.2 Å². The summed E-state index contributed by atoms with van der Waals surface area (Å²) >= 11 is 3.31. The molecule has 2 heterocycles. The lowest BCUT2D eigenvalue weighted by atomic mass is 10.1. The van der Waals surface area contributed by atoms with Gasteiger partial charge in [-0.1, -0.05) is 5.92 Å². The van der Waals surface area contributed by atoms with Gasteiger partial charge < -0.3 is 19.4 Å². The van der Waals surface area contributed by atoms with Crippen LogP contribution < -0.4 is 10.1 Å². The number of carbonyl (C=O) groups is 1. The van der Waals surface area contributed by atoms with Crippen LogP contribution in [0.5, 0.6) is 5.75 Å². The van der Waals surface area contributed by atoms with E-state index in [1.54, 1.807) is 44.4 Å². The predicted molar refractivity (Wildman–Crippen MR) is 119 cm³/mol. The molecule has 0 aliphatic rings. The summed E-state index contributed by atoms with van der Waals surface area (Å²) in [4.78, 5) is 17.8. The molecule has 0 atom stereocenters. The molecule has 0 aliphatic heterocycles. The minimum Gasteiger partial charge on any atom is -0.495 e. The molecular formula is C22H20BrF3N4O2. The third-order valence-electron chi connectivity index (χ3n) is 4.50. The van der Waals surface area contributed by atoms with Gasteiger partial charge in [-0.25, -0.2) is 4.98 Å². The number of methoxy groups -OCH3 is 1. The van der Waals surface area contributed by atoms with E-state index in [-0.39, 0.29) is 23.8 Å². The Kier molecular flexibility index (Phi) is 6.99. The van der Waals surface area contributed by atoms with Crippen molar-refractivity contribution < 1.29 is 22.7 Å². The number of hydrogen-bond donors (Lipinski definition) is 1. The molecule has 6 nitrogen and oxygen atoms in total. The van der Waals surface area contributed by atoms with Crippen LogP contribution >= 0.6 is 15.9 Å². The summed E-state index contributed by atoms with van der Waals surface area (Å²) in [6, 6.07) is 8.29. The summed E-state index contributed by atoms with van der Waals surface area (Å²) in [7, 11) is 4.79. The second-order valence-corrected chi connectivity index (χ2v) is 7.87. The van der Waals surface area contributed by atoms with Gasteiger partial charge in [-0.05, 0) is 52.2 Å². The number of nitrogens with one attached hydrogen (secondary N) is 1. The van der Waals surface area contributed by atoms with Crippen LogP contribution in [0.2, 0.25) is 0 Å². The molecule has 0 fully saturated rings. The van der Waals surface area contributed by atoms with E-state index in [0.29, 0.717) is 27.1 Å². The van der Waals surface area contributed by atoms with Crippen molar-refractivity contribution in [1.29, 1.82) is 0 Å². The Bertz CT molecular complexity index is 1210. The highest BCUT2D eigenvalue weighted by atomic mass is 79.9. The number of aromatic nitrogens is 2. The van der Waals surface area contributed by atoms with Gasteiger partial charge in [0.2, 0.25) is 0 Å². The third kappa shape index (κ3) is 5.34. The predicted octanol–water partition coefficient (Wildman–Crippen LogP) is 4.38. The molecule has 0 bridgehead atoms. The van der Waals surface area contributed by atoms with E-state index >= 15 is 0 Å². The molecule has 168 valence electrons. The van der Waals surface area contributed by atoms with E-state index in [9.17, 15) is 18.0 Å². The van der Waals surface area contributed by atoms with Crippen LogP contribution in [0.25, 0.3) is 5.65 Å². The molecule has 0 saturated heterocycles. The maximum atomic E-state index is 13.1. The second kappa shape index (κ2) is 9.53. The van der Waals surface area contributed by atoms with Crippen molar-refractivity contribution in [3.8, 4) is 17.6 Å². The molecule has 3 aromatic rings.